The van der Waals surface area contributed by atoms with Crippen molar-refractivity contribution < 1.29 is 0 Å². The number of rotatable bonds is 7. The van der Waals surface area contributed by atoms with Gasteiger partial charge in [-0.25, -0.2) is 15.0 Å². The molecule has 4 heteroatoms. The third-order valence-corrected chi connectivity index (χ3v) is 11.2. The fraction of sp³-hybridized carbons (Fsp3) is 0.261. The van der Waals surface area contributed by atoms with E-state index in [0.29, 0.717) is 23.0 Å². The van der Waals surface area contributed by atoms with Crippen molar-refractivity contribution in [2.45, 2.75) is 57.8 Å². The molecular formula is C46H42N4. The number of nitrogens with zero attached hydrogens (tertiary/aromatic N) is 4. The highest BCUT2D eigenvalue weighted by molar-refractivity contribution is 5.90. The molecule has 2 aliphatic rings. The predicted molar refractivity (Wildman–Crippen MR) is 203 cm³/mol. The van der Waals surface area contributed by atoms with Gasteiger partial charge in [0.1, 0.15) is 0 Å². The van der Waals surface area contributed by atoms with Crippen molar-refractivity contribution in [3.8, 4) is 62.5 Å². The van der Waals surface area contributed by atoms with Crippen molar-refractivity contribution in [3.05, 3.63) is 139 Å². The van der Waals surface area contributed by atoms with E-state index in [9.17, 15) is 5.26 Å². The van der Waals surface area contributed by atoms with Crippen LogP contribution < -0.4 is 0 Å². The Labute approximate surface area is 296 Å². The van der Waals surface area contributed by atoms with E-state index in [4.69, 9.17) is 15.0 Å². The molecule has 0 amide bonds. The lowest BCUT2D eigenvalue weighted by molar-refractivity contribution is 0.0702. The monoisotopic (exact) mass is 650 g/mol. The van der Waals surface area contributed by atoms with E-state index in [1.54, 1.807) is 0 Å². The van der Waals surface area contributed by atoms with Gasteiger partial charge in [0.2, 0.25) is 0 Å². The van der Waals surface area contributed by atoms with Gasteiger partial charge in [0.25, 0.3) is 0 Å². The minimum Gasteiger partial charge on any atom is -0.208 e. The third kappa shape index (κ3) is 6.14. The summed E-state index contributed by atoms with van der Waals surface area (Å²) >= 11 is 0. The van der Waals surface area contributed by atoms with E-state index in [2.05, 4.69) is 98.8 Å². The summed E-state index contributed by atoms with van der Waals surface area (Å²) in [5.74, 6) is 4.40. The predicted octanol–water partition coefficient (Wildman–Crippen LogP) is 11.6. The average molecular weight is 651 g/mol. The molecule has 6 aromatic rings. The number of fused-ring (bicyclic) bond motifs is 2. The van der Waals surface area contributed by atoms with Crippen LogP contribution in [0.1, 0.15) is 63.5 Å². The maximum absolute atomic E-state index is 9.61. The molecule has 0 aliphatic heterocycles. The Hall–Kier alpha value is -5.40. The zero-order chi connectivity index (χ0) is 34.1. The second kappa shape index (κ2) is 13.5. The minimum atomic E-state index is 0.276. The van der Waals surface area contributed by atoms with Crippen LogP contribution in [0.15, 0.2) is 127 Å². The summed E-state index contributed by atoms with van der Waals surface area (Å²) in [5.41, 5.74) is 9.42. The van der Waals surface area contributed by atoms with E-state index >= 15 is 0 Å². The minimum absolute atomic E-state index is 0.276. The lowest BCUT2D eigenvalue weighted by Crippen LogP contribution is -2.42. The van der Waals surface area contributed by atoms with E-state index in [0.717, 1.165) is 56.7 Å². The number of hydrogen-bond donors (Lipinski definition) is 0. The molecule has 50 heavy (non-hydrogen) atoms. The quantitative estimate of drug-likeness (QED) is 0.172. The van der Waals surface area contributed by atoms with Crippen LogP contribution in [0.5, 0.6) is 0 Å². The summed E-state index contributed by atoms with van der Waals surface area (Å²) in [6, 6.07) is 46.2. The van der Waals surface area contributed by atoms with Crippen LogP contribution in [0, 0.1) is 29.1 Å². The summed E-state index contributed by atoms with van der Waals surface area (Å²) < 4.78 is 0. The first-order chi connectivity index (χ1) is 24.5. The molecular weight excluding hydrogens is 609 g/mol. The van der Waals surface area contributed by atoms with Crippen LogP contribution in [0.3, 0.4) is 0 Å². The maximum Gasteiger partial charge on any atom is 0.164 e. The summed E-state index contributed by atoms with van der Waals surface area (Å²) in [4.78, 5) is 15.4. The maximum atomic E-state index is 9.61. The molecule has 4 atom stereocenters. The van der Waals surface area contributed by atoms with Crippen LogP contribution in [0.2, 0.25) is 0 Å². The fourth-order valence-corrected chi connectivity index (χ4v) is 9.11. The van der Waals surface area contributed by atoms with E-state index in [-0.39, 0.29) is 5.41 Å². The molecule has 1 unspecified atom stereocenters. The molecule has 0 N–H and O–H groups in total. The lowest BCUT2D eigenvalue weighted by atomic mass is 9.54. The number of nitriles is 1. The molecule has 2 saturated carbocycles. The van der Waals surface area contributed by atoms with Gasteiger partial charge in [-0.2, -0.15) is 5.26 Å². The zero-order valence-electron chi connectivity index (χ0n) is 28.9. The number of benzene rings is 5. The molecule has 0 spiro atoms. The Morgan fingerprint density at radius 2 is 1.20 bits per heavy atom. The van der Waals surface area contributed by atoms with Gasteiger partial charge in [-0.15, -0.1) is 0 Å². The molecule has 2 fully saturated rings. The smallest absolute Gasteiger partial charge is 0.164 e. The van der Waals surface area contributed by atoms with E-state index in [1.165, 1.54) is 44.1 Å². The number of hydrogen-bond acceptors (Lipinski definition) is 4. The fourth-order valence-electron chi connectivity index (χ4n) is 9.11. The molecule has 246 valence electrons. The summed E-state index contributed by atoms with van der Waals surface area (Å²) in [6.45, 7) is 4.83. The summed E-state index contributed by atoms with van der Waals surface area (Å²) in [6.07, 6.45) is 7.96. The third-order valence-electron chi connectivity index (χ3n) is 11.2. The van der Waals surface area contributed by atoms with Crippen LogP contribution in [-0.4, -0.2) is 15.0 Å². The highest BCUT2D eigenvalue weighted by Gasteiger charge is 2.45. The topological polar surface area (TPSA) is 62.5 Å². The first-order valence-electron chi connectivity index (χ1n) is 18.1. The van der Waals surface area contributed by atoms with Gasteiger partial charge >= 0.3 is 0 Å². The Morgan fingerprint density at radius 3 is 1.90 bits per heavy atom. The molecule has 2 bridgehead atoms. The molecule has 0 radical (unpaired) electrons. The highest BCUT2D eigenvalue weighted by atomic mass is 15.0. The zero-order valence-corrected chi connectivity index (χ0v) is 28.9. The standard InChI is InChI=1S/C46H42N4/c1-3-32-25-34-24-31(2)27-46(28-32,29-34)38-22-20-36(21-23-38)44-48-43(35-13-5-4-6-14-35)49-45(50-44)42-19-10-9-18-41(42)40-17-8-7-16-39(40)37-15-11-12-33(26-37)30-47/h4-23,26,31-32,34H,3,24-25,27-29H2,1-2H3/t31-,32+,34-,46?/m0/s1. The SMILES string of the molecule is CC[C@@H]1C[C@@H]2C[C@H](C)CC(c3ccc(-c4nc(-c5ccccc5)nc(-c5ccccc5-c5ccccc5-c5cccc(C#N)c5)n4)cc3)(C1)C2. The molecule has 0 saturated heterocycles. The van der Waals surface area contributed by atoms with E-state index < -0.39 is 0 Å². The van der Waals surface area contributed by atoms with Crippen molar-refractivity contribution in [1.29, 1.82) is 5.26 Å². The van der Waals surface area contributed by atoms with Crippen LogP contribution in [0.25, 0.3) is 56.4 Å². The van der Waals surface area contributed by atoms with Gasteiger partial charge in [-0.05, 0) is 95.2 Å². The Morgan fingerprint density at radius 1 is 0.600 bits per heavy atom. The molecule has 1 aromatic heterocycles. The van der Waals surface area contributed by atoms with Crippen LogP contribution in [0.4, 0.5) is 0 Å². The number of aromatic nitrogens is 3. The van der Waals surface area contributed by atoms with Gasteiger partial charge in [0, 0.05) is 16.7 Å². The molecule has 8 rings (SSSR count). The summed E-state index contributed by atoms with van der Waals surface area (Å²) in [5, 5.41) is 9.61. The van der Waals surface area contributed by atoms with Gasteiger partial charge in [-0.1, -0.05) is 136 Å². The average Bonchev–Trinajstić information content (AvgIpc) is 3.17. The second-order valence-electron chi connectivity index (χ2n) is 14.6. The first-order valence-corrected chi connectivity index (χ1v) is 18.1. The van der Waals surface area contributed by atoms with Crippen LogP contribution in [-0.2, 0) is 5.41 Å². The summed E-state index contributed by atoms with van der Waals surface area (Å²) in [7, 11) is 0. The van der Waals surface area contributed by atoms with Gasteiger partial charge in [0.15, 0.2) is 17.5 Å². The Balaban J connectivity index is 1.23. The molecule has 2 aliphatic carbocycles. The van der Waals surface area contributed by atoms with Crippen molar-refractivity contribution in [1.82, 2.24) is 15.0 Å². The van der Waals surface area contributed by atoms with Crippen molar-refractivity contribution in [3.63, 3.8) is 0 Å². The van der Waals surface area contributed by atoms with Gasteiger partial charge < -0.3 is 0 Å². The Kier molecular flexibility index (Phi) is 8.59. The van der Waals surface area contributed by atoms with Crippen molar-refractivity contribution in [2.75, 3.05) is 0 Å². The largest absolute Gasteiger partial charge is 0.208 e. The lowest BCUT2D eigenvalue weighted by Gasteiger charge is -2.51. The first kappa shape index (κ1) is 31.8. The highest BCUT2D eigenvalue weighted by Crippen LogP contribution is 2.54. The van der Waals surface area contributed by atoms with E-state index in [1.807, 2.05) is 48.5 Å². The second-order valence-corrected chi connectivity index (χ2v) is 14.6. The van der Waals surface area contributed by atoms with Crippen LogP contribution >= 0.6 is 0 Å². The molecule has 1 heterocycles. The van der Waals surface area contributed by atoms with Gasteiger partial charge in [0.05, 0.1) is 11.6 Å². The van der Waals surface area contributed by atoms with Crippen molar-refractivity contribution >= 4 is 0 Å². The van der Waals surface area contributed by atoms with Gasteiger partial charge in [-0.3, -0.25) is 0 Å². The van der Waals surface area contributed by atoms with Crippen molar-refractivity contribution in [2.24, 2.45) is 17.8 Å². The molecule has 5 aromatic carbocycles. The molecule has 4 nitrogen and oxygen atoms in total. The Bertz CT molecular complexity index is 2180. The normalized spacial score (nSPS) is 21.3.